The molecule has 3 aromatic rings. The fourth-order valence-corrected chi connectivity index (χ4v) is 2.88. The molecule has 8 nitrogen and oxygen atoms in total. The van der Waals surface area contributed by atoms with Crippen LogP contribution < -0.4 is 14.2 Å². The van der Waals surface area contributed by atoms with Crippen molar-refractivity contribution in [3.8, 4) is 28.5 Å². The lowest BCUT2D eigenvalue weighted by Crippen LogP contribution is -2.16. The maximum atomic E-state index is 5.66. The van der Waals surface area contributed by atoms with Gasteiger partial charge in [0.2, 0.25) is 0 Å². The van der Waals surface area contributed by atoms with E-state index in [1.807, 2.05) is 18.3 Å². The van der Waals surface area contributed by atoms with Crippen molar-refractivity contribution in [2.45, 2.75) is 26.3 Å². The summed E-state index contributed by atoms with van der Waals surface area (Å²) in [5.74, 6) is 3.24. The molecule has 140 valence electrons. The summed E-state index contributed by atoms with van der Waals surface area (Å²) in [6.07, 6.45) is 5.42. The summed E-state index contributed by atoms with van der Waals surface area (Å²) in [4.78, 5) is 8.77. The lowest BCUT2D eigenvalue weighted by atomic mass is 10.1. The predicted octanol–water partition coefficient (Wildman–Crippen LogP) is 2.69. The van der Waals surface area contributed by atoms with Crippen molar-refractivity contribution in [2.24, 2.45) is 0 Å². The molecule has 0 bridgehead atoms. The van der Waals surface area contributed by atoms with Crippen molar-refractivity contribution >= 4 is 0 Å². The minimum absolute atomic E-state index is 0.289. The second-order valence-corrected chi connectivity index (χ2v) is 6.59. The third kappa shape index (κ3) is 3.55. The maximum Gasteiger partial charge on any atom is 0.165 e. The third-order valence-electron chi connectivity index (χ3n) is 4.30. The van der Waals surface area contributed by atoms with E-state index in [2.05, 4.69) is 34.1 Å². The topological polar surface area (TPSA) is 84.2 Å². The van der Waals surface area contributed by atoms with Crippen molar-refractivity contribution in [1.29, 1.82) is 0 Å². The standard InChI is InChI=1S/C19H21N5O3/c1-12(2)19-20-8-14(9-21-19)15-11-24(23-22-15)10-13-6-17-18(7-16(13)25-3)27-5-4-26-17/h6-9,11-12H,4-5,10H2,1-3H3. The summed E-state index contributed by atoms with van der Waals surface area (Å²) in [5, 5.41) is 8.45. The summed E-state index contributed by atoms with van der Waals surface area (Å²) in [7, 11) is 1.63. The molecule has 0 radical (unpaired) electrons. The van der Waals surface area contributed by atoms with Gasteiger partial charge in [-0.3, -0.25) is 0 Å². The molecule has 0 fully saturated rings. The number of hydrogen-bond acceptors (Lipinski definition) is 7. The Morgan fingerprint density at radius 2 is 1.81 bits per heavy atom. The van der Waals surface area contributed by atoms with Crippen LogP contribution >= 0.6 is 0 Å². The first-order valence-corrected chi connectivity index (χ1v) is 8.83. The first-order chi connectivity index (χ1) is 13.1. The Bertz CT molecular complexity index is 937. The van der Waals surface area contributed by atoms with Crippen LogP contribution in [0.3, 0.4) is 0 Å². The Kier molecular flexibility index (Phi) is 4.62. The summed E-state index contributed by atoms with van der Waals surface area (Å²) in [5.41, 5.74) is 2.49. The van der Waals surface area contributed by atoms with Crippen molar-refractivity contribution < 1.29 is 14.2 Å². The largest absolute Gasteiger partial charge is 0.496 e. The number of fused-ring (bicyclic) bond motifs is 1. The van der Waals surface area contributed by atoms with Crippen LogP contribution in [0.15, 0.2) is 30.7 Å². The Morgan fingerprint density at radius 1 is 1.11 bits per heavy atom. The van der Waals surface area contributed by atoms with Gasteiger partial charge in [0.25, 0.3) is 0 Å². The molecule has 0 unspecified atom stereocenters. The van der Waals surface area contributed by atoms with Crippen LogP contribution in [-0.4, -0.2) is 45.3 Å². The van der Waals surface area contributed by atoms with Gasteiger partial charge in [0, 0.05) is 35.5 Å². The number of aromatic nitrogens is 5. The van der Waals surface area contributed by atoms with E-state index in [-0.39, 0.29) is 5.92 Å². The minimum Gasteiger partial charge on any atom is -0.496 e. The number of ether oxygens (including phenoxy) is 3. The third-order valence-corrected chi connectivity index (χ3v) is 4.30. The molecule has 0 saturated heterocycles. The van der Waals surface area contributed by atoms with E-state index in [1.165, 1.54) is 0 Å². The second-order valence-electron chi connectivity index (χ2n) is 6.59. The van der Waals surface area contributed by atoms with Crippen LogP contribution in [0.5, 0.6) is 17.2 Å². The Balaban J connectivity index is 1.57. The van der Waals surface area contributed by atoms with E-state index in [0.717, 1.165) is 34.1 Å². The van der Waals surface area contributed by atoms with Gasteiger partial charge in [0.1, 0.15) is 30.5 Å². The van der Waals surface area contributed by atoms with Crippen molar-refractivity contribution in [2.75, 3.05) is 20.3 Å². The lowest BCUT2D eigenvalue weighted by Gasteiger charge is -2.20. The number of nitrogens with zero attached hydrogens (tertiary/aromatic N) is 5. The van der Waals surface area contributed by atoms with Gasteiger partial charge in [0.05, 0.1) is 19.9 Å². The molecule has 0 spiro atoms. The summed E-state index contributed by atoms with van der Waals surface area (Å²) < 4.78 is 18.5. The minimum atomic E-state index is 0.289. The van der Waals surface area contributed by atoms with Crippen LogP contribution in [0.25, 0.3) is 11.3 Å². The monoisotopic (exact) mass is 367 g/mol. The molecule has 0 saturated carbocycles. The Morgan fingerprint density at radius 3 is 2.48 bits per heavy atom. The zero-order valence-corrected chi connectivity index (χ0v) is 15.5. The van der Waals surface area contributed by atoms with Crippen LogP contribution in [0.4, 0.5) is 0 Å². The molecule has 4 rings (SSSR count). The first kappa shape index (κ1) is 17.3. The van der Waals surface area contributed by atoms with E-state index in [1.54, 1.807) is 24.2 Å². The van der Waals surface area contributed by atoms with E-state index in [0.29, 0.717) is 25.5 Å². The molecule has 0 aliphatic carbocycles. The van der Waals surface area contributed by atoms with Crippen molar-refractivity contribution in [1.82, 2.24) is 25.0 Å². The van der Waals surface area contributed by atoms with E-state index in [9.17, 15) is 0 Å². The normalized spacial score (nSPS) is 13.0. The van der Waals surface area contributed by atoms with Gasteiger partial charge in [0.15, 0.2) is 11.5 Å². The Hall–Kier alpha value is -3.16. The zero-order valence-electron chi connectivity index (χ0n) is 15.5. The van der Waals surface area contributed by atoms with E-state index < -0.39 is 0 Å². The molecule has 2 aromatic heterocycles. The van der Waals surface area contributed by atoms with Gasteiger partial charge in [-0.15, -0.1) is 5.10 Å². The highest BCUT2D eigenvalue weighted by Gasteiger charge is 2.17. The van der Waals surface area contributed by atoms with Crippen molar-refractivity contribution in [3.05, 3.63) is 42.1 Å². The fraction of sp³-hybridized carbons (Fsp3) is 0.368. The van der Waals surface area contributed by atoms with Crippen molar-refractivity contribution in [3.63, 3.8) is 0 Å². The molecule has 1 aliphatic heterocycles. The molecule has 1 aromatic carbocycles. The van der Waals surface area contributed by atoms with Gasteiger partial charge >= 0.3 is 0 Å². The molecule has 27 heavy (non-hydrogen) atoms. The van der Waals surface area contributed by atoms with Crippen LogP contribution in [0.1, 0.15) is 31.2 Å². The van der Waals surface area contributed by atoms with E-state index in [4.69, 9.17) is 14.2 Å². The smallest absolute Gasteiger partial charge is 0.165 e. The molecular weight excluding hydrogens is 346 g/mol. The summed E-state index contributed by atoms with van der Waals surface area (Å²) >= 11 is 0. The highest BCUT2D eigenvalue weighted by molar-refractivity contribution is 5.55. The van der Waals surface area contributed by atoms with E-state index >= 15 is 0 Å². The number of rotatable bonds is 5. The average molecular weight is 367 g/mol. The molecule has 0 atom stereocenters. The van der Waals surface area contributed by atoms with Gasteiger partial charge in [-0.2, -0.15) is 0 Å². The molecule has 8 heteroatoms. The second kappa shape index (κ2) is 7.22. The molecule has 3 heterocycles. The molecule has 1 aliphatic rings. The number of benzene rings is 1. The highest BCUT2D eigenvalue weighted by Crippen LogP contribution is 2.37. The maximum absolute atomic E-state index is 5.66. The van der Waals surface area contributed by atoms with Gasteiger partial charge in [-0.25, -0.2) is 14.6 Å². The molecule has 0 N–H and O–H groups in total. The Labute approximate surface area is 157 Å². The predicted molar refractivity (Wildman–Crippen MR) is 98.2 cm³/mol. The highest BCUT2D eigenvalue weighted by atomic mass is 16.6. The van der Waals surface area contributed by atoms with Crippen LogP contribution in [0, 0.1) is 0 Å². The molecular formula is C19H21N5O3. The van der Waals surface area contributed by atoms with Gasteiger partial charge in [-0.05, 0) is 6.07 Å². The average Bonchev–Trinajstić information content (AvgIpc) is 3.16. The number of methoxy groups -OCH3 is 1. The summed E-state index contributed by atoms with van der Waals surface area (Å²) in [6, 6.07) is 3.77. The lowest BCUT2D eigenvalue weighted by molar-refractivity contribution is 0.170. The number of hydrogen-bond donors (Lipinski definition) is 0. The molecule has 0 amide bonds. The quantitative estimate of drug-likeness (QED) is 0.685. The SMILES string of the molecule is COc1cc2c(cc1Cn1cc(-c3cnc(C(C)C)nc3)nn1)OCCO2. The summed E-state index contributed by atoms with van der Waals surface area (Å²) in [6.45, 7) is 5.70. The van der Waals surface area contributed by atoms with Gasteiger partial charge < -0.3 is 14.2 Å². The van der Waals surface area contributed by atoms with Crippen LogP contribution in [0.2, 0.25) is 0 Å². The van der Waals surface area contributed by atoms with Crippen LogP contribution in [-0.2, 0) is 6.54 Å². The first-order valence-electron chi connectivity index (χ1n) is 8.83. The van der Waals surface area contributed by atoms with Gasteiger partial charge in [-0.1, -0.05) is 19.1 Å². The zero-order chi connectivity index (χ0) is 18.8. The fourth-order valence-electron chi connectivity index (χ4n) is 2.88.